The van der Waals surface area contributed by atoms with Gasteiger partial charge in [0.1, 0.15) is 5.82 Å². The van der Waals surface area contributed by atoms with Gasteiger partial charge in [0.2, 0.25) is 5.82 Å². The van der Waals surface area contributed by atoms with Gasteiger partial charge in [-0.2, -0.15) is 4.80 Å². The summed E-state index contributed by atoms with van der Waals surface area (Å²) < 4.78 is 13.6. The largest absolute Gasteiger partial charge is 0.207 e. The molecule has 3 rings (SSSR count). The molecule has 6 heteroatoms. The number of hydrogen-bond acceptors (Lipinski definition) is 3. The lowest BCUT2D eigenvalue weighted by atomic mass is 10.2. The van der Waals surface area contributed by atoms with Crippen molar-refractivity contribution in [2.24, 2.45) is 0 Å². The molecule has 0 amide bonds. The topological polar surface area (TPSA) is 43.6 Å². The van der Waals surface area contributed by atoms with Gasteiger partial charge in [0.05, 0.1) is 6.54 Å². The van der Waals surface area contributed by atoms with Crippen LogP contribution >= 0.6 is 11.6 Å². The van der Waals surface area contributed by atoms with Crippen molar-refractivity contribution in [3.05, 3.63) is 64.9 Å². The van der Waals surface area contributed by atoms with E-state index in [0.29, 0.717) is 16.4 Å². The summed E-state index contributed by atoms with van der Waals surface area (Å²) in [6.07, 6.45) is 0. The Kier molecular flexibility index (Phi) is 3.43. The third kappa shape index (κ3) is 2.67. The predicted octanol–water partition coefficient (Wildman–Crippen LogP) is 3.18. The predicted molar refractivity (Wildman–Crippen MR) is 73.8 cm³/mol. The molecule has 0 saturated carbocycles. The van der Waals surface area contributed by atoms with Gasteiger partial charge in [-0.25, -0.2) is 4.39 Å². The minimum absolute atomic E-state index is 0.236. The molecule has 1 aromatic heterocycles. The summed E-state index contributed by atoms with van der Waals surface area (Å²) in [6.45, 7) is 0.236. The van der Waals surface area contributed by atoms with Gasteiger partial charge in [-0.1, -0.05) is 41.9 Å². The molecule has 2 aromatic carbocycles. The molecule has 0 aliphatic heterocycles. The van der Waals surface area contributed by atoms with Crippen LogP contribution < -0.4 is 0 Å². The van der Waals surface area contributed by atoms with Gasteiger partial charge in [0.15, 0.2) is 0 Å². The second kappa shape index (κ2) is 5.38. The molecule has 0 saturated heterocycles. The minimum Gasteiger partial charge on any atom is -0.207 e. The van der Waals surface area contributed by atoms with Crippen molar-refractivity contribution in [3.63, 3.8) is 0 Å². The second-order valence-corrected chi connectivity index (χ2v) is 4.68. The van der Waals surface area contributed by atoms with Crippen molar-refractivity contribution in [1.29, 1.82) is 0 Å². The van der Waals surface area contributed by atoms with Crippen LogP contribution in [0.25, 0.3) is 11.4 Å². The minimum atomic E-state index is -0.283. The summed E-state index contributed by atoms with van der Waals surface area (Å²) in [5.74, 6) is 0.179. The first kappa shape index (κ1) is 12.7. The van der Waals surface area contributed by atoms with E-state index >= 15 is 0 Å². The number of rotatable bonds is 3. The van der Waals surface area contributed by atoms with Crippen molar-refractivity contribution in [2.45, 2.75) is 6.54 Å². The van der Waals surface area contributed by atoms with Crippen LogP contribution in [0.4, 0.5) is 4.39 Å². The fourth-order valence-electron chi connectivity index (χ4n) is 1.83. The van der Waals surface area contributed by atoms with E-state index in [2.05, 4.69) is 15.4 Å². The average molecular weight is 289 g/mol. The summed E-state index contributed by atoms with van der Waals surface area (Å²) >= 11 is 5.92. The number of halogens is 2. The SMILES string of the molecule is Fc1ccccc1Cn1nnc(-c2cccc(Cl)c2)n1. The molecule has 0 spiro atoms. The maximum absolute atomic E-state index is 13.6. The highest BCUT2D eigenvalue weighted by molar-refractivity contribution is 6.30. The zero-order chi connectivity index (χ0) is 13.9. The average Bonchev–Trinajstić information content (AvgIpc) is 2.90. The molecule has 0 aliphatic carbocycles. The molecular weight excluding hydrogens is 279 g/mol. The highest BCUT2D eigenvalue weighted by Gasteiger charge is 2.08. The van der Waals surface area contributed by atoms with Crippen LogP contribution in [0.1, 0.15) is 5.56 Å². The number of aromatic nitrogens is 4. The normalized spacial score (nSPS) is 10.7. The molecule has 3 aromatic rings. The van der Waals surface area contributed by atoms with Crippen LogP contribution in [0.2, 0.25) is 5.02 Å². The molecule has 0 aliphatic rings. The van der Waals surface area contributed by atoms with E-state index in [0.717, 1.165) is 5.56 Å². The van der Waals surface area contributed by atoms with Crippen LogP contribution in [0.15, 0.2) is 48.5 Å². The van der Waals surface area contributed by atoms with E-state index in [1.807, 2.05) is 12.1 Å². The molecule has 1 heterocycles. The van der Waals surface area contributed by atoms with Crippen molar-refractivity contribution >= 4 is 11.6 Å². The van der Waals surface area contributed by atoms with E-state index in [1.165, 1.54) is 10.9 Å². The Hall–Kier alpha value is -2.27. The van der Waals surface area contributed by atoms with Crippen molar-refractivity contribution in [3.8, 4) is 11.4 Å². The number of nitrogens with zero attached hydrogens (tertiary/aromatic N) is 4. The summed E-state index contributed by atoms with van der Waals surface area (Å²) in [5.41, 5.74) is 1.29. The van der Waals surface area contributed by atoms with Crippen molar-refractivity contribution in [1.82, 2.24) is 20.2 Å². The summed E-state index contributed by atoms with van der Waals surface area (Å²) in [5, 5.41) is 12.7. The Morgan fingerprint density at radius 1 is 1.10 bits per heavy atom. The quantitative estimate of drug-likeness (QED) is 0.743. The van der Waals surface area contributed by atoms with E-state index in [9.17, 15) is 4.39 Å². The standard InChI is InChI=1S/C14H10ClFN4/c15-12-6-3-5-10(8-12)14-17-19-20(18-14)9-11-4-1-2-7-13(11)16/h1-8H,9H2. The maximum atomic E-state index is 13.6. The Labute approximate surface area is 119 Å². The number of benzene rings is 2. The summed E-state index contributed by atoms with van der Waals surface area (Å²) in [4.78, 5) is 1.36. The number of hydrogen-bond donors (Lipinski definition) is 0. The Morgan fingerprint density at radius 3 is 2.75 bits per heavy atom. The lowest BCUT2D eigenvalue weighted by Crippen LogP contribution is -2.05. The van der Waals surface area contributed by atoms with Gasteiger partial charge >= 0.3 is 0 Å². The molecule has 0 bridgehead atoms. The van der Waals surface area contributed by atoms with E-state index in [4.69, 9.17) is 11.6 Å². The molecule has 0 unspecified atom stereocenters. The van der Waals surface area contributed by atoms with Crippen molar-refractivity contribution < 1.29 is 4.39 Å². The highest BCUT2D eigenvalue weighted by Crippen LogP contribution is 2.18. The third-order valence-electron chi connectivity index (χ3n) is 2.81. The lowest BCUT2D eigenvalue weighted by Gasteiger charge is -2.00. The molecule has 0 radical (unpaired) electrons. The Morgan fingerprint density at radius 2 is 1.95 bits per heavy atom. The lowest BCUT2D eigenvalue weighted by molar-refractivity contribution is 0.539. The maximum Gasteiger partial charge on any atom is 0.204 e. The van der Waals surface area contributed by atoms with Crippen molar-refractivity contribution in [2.75, 3.05) is 0 Å². The fourth-order valence-corrected chi connectivity index (χ4v) is 2.02. The smallest absolute Gasteiger partial charge is 0.204 e. The first-order chi connectivity index (χ1) is 9.72. The van der Waals surface area contributed by atoms with Gasteiger partial charge in [0.25, 0.3) is 0 Å². The van der Waals surface area contributed by atoms with Crippen LogP contribution in [-0.4, -0.2) is 20.2 Å². The van der Waals surface area contributed by atoms with Crippen LogP contribution in [0.3, 0.4) is 0 Å². The zero-order valence-electron chi connectivity index (χ0n) is 10.4. The van der Waals surface area contributed by atoms with Crippen LogP contribution in [0, 0.1) is 5.82 Å². The highest BCUT2D eigenvalue weighted by atomic mass is 35.5. The zero-order valence-corrected chi connectivity index (χ0v) is 11.1. The molecule has 100 valence electrons. The Balaban J connectivity index is 1.86. The molecule has 20 heavy (non-hydrogen) atoms. The van der Waals surface area contributed by atoms with Gasteiger partial charge in [-0.05, 0) is 23.4 Å². The molecule has 0 fully saturated rings. The molecule has 0 N–H and O–H groups in total. The molecular formula is C14H10ClFN4. The van der Waals surface area contributed by atoms with E-state index in [-0.39, 0.29) is 12.4 Å². The number of tetrazole rings is 1. The monoisotopic (exact) mass is 288 g/mol. The van der Waals surface area contributed by atoms with Gasteiger partial charge < -0.3 is 0 Å². The first-order valence-corrected chi connectivity index (χ1v) is 6.37. The fraction of sp³-hybridized carbons (Fsp3) is 0.0714. The van der Waals surface area contributed by atoms with E-state index in [1.54, 1.807) is 30.3 Å². The molecule has 4 nitrogen and oxygen atoms in total. The van der Waals surface area contributed by atoms with Gasteiger partial charge in [-0.15, -0.1) is 10.2 Å². The van der Waals surface area contributed by atoms with Crippen LogP contribution in [-0.2, 0) is 6.54 Å². The Bertz CT molecular complexity index is 741. The second-order valence-electron chi connectivity index (χ2n) is 4.25. The van der Waals surface area contributed by atoms with Gasteiger partial charge in [0, 0.05) is 16.1 Å². The first-order valence-electron chi connectivity index (χ1n) is 5.99. The third-order valence-corrected chi connectivity index (χ3v) is 3.04. The van der Waals surface area contributed by atoms with Gasteiger partial charge in [-0.3, -0.25) is 0 Å². The summed E-state index contributed by atoms with van der Waals surface area (Å²) in [6, 6.07) is 13.7. The summed E-state index contributed by atoms with van der Waals surface area (Å²) in [7, 11) is 0. The van der Waals surface area contributed by atoms with E-state index < -0.39 is 0 Å². The molecule has 0 atom stereocenters. The van der Waals surface area contributed by atoms with Crippen LogP contribution in [0.5, 0.6) is 0 Å².